The summed E-state index contributed by atoms with van der Waals surface area (Å²) in [5, 5.41) is 3.19. The van der Waals surface area contributed by atoms with Gasteiger partial charge in [-0.2, -0.15) is 0 Å². The third kappa shape index (κ3) is 7.44. The van der Waals surface area contributed by atoms with E-state index in [2.05, 4.69) is 12.2 Å². The maximum absolute atomic E-state index is 12.5. The number of amides is 2. The lowest BCUT2D eigenvalue weighted by atomic mass is 10.1. The molecule has 0 saturated carbocycles. The summed E-state index contributed by atoms with van der Waals surface area (Å²) in [5.74, 6) is -2.56. The van der Waals surface area contributed by atoms with Crippen molar-refractivity contribution < 1.29 is 28.7 Å². The zero-order chi connectivity index (χ0) is 25.4. The minimum atomic E-state index is -0.705. The number of ether oxygens (including phenoxy) is 2. The van der Waals surface area contributed by atoms with Crippen molar-refractivity contribution in [2.75, 3.05) is 30.0 Å². The number of benzene rings is 2. The van der Waals surface area contributed by atoms with Crippen molar-refractivity contribution >= 4 is 58.3 Å². The molecule has 8 nitrogen and oxygen atoms in total. The van der Waals surface area contributed by atoms with Crippen molar-refractivity contribution in [1.82, 2.24) is 0 Å². The predicted octanol–water partition coefficient (Wildman–Crippen LogP) is 4.88. The second-order valence-electron chi connectivity index (χ2n) is 8.08. The molecule has 0 unspecified atom stereocenters. The number of unbranched alkanes of at least 4 members (excludes halogenated alkanes) is 2. The minimum Gasteiger partial charge on any atom is -0.462 e. The first-order valence-electron chi connectivity index (χ1n) is 11.3. The van der Waals surface area contributed by atoms with Crippen molar-refractivity contribution in [2.24, 2.45) is 5.92 Å². The van der Waals surface area contributed by atoms with E-state index < -0.39 is 30.4 Å². The Kier molecular flexibility index (Phi) is 9.51. The van der Waals surface area contributed by atoms with Gasteiger partial charge >= 0.3 is 11.9 Å². The van der Waals surface area contributed by atoms with Crippen molar-refractivity contribution in [3.63, 3.8) is 0 Å². The molecule has 1 atom stereocenters. The van der Waals surface area contributed by atoms with Crippen molar-refractivity contribution in [2.45, 2.75) is 32.6 Å². The van der Waals surface area contributed by atoms with Crippen LogP contribution < -0.4 is 10.2 Å². The fraction of sp³-hybridized carbons (Fsp3) is 0.360. The molecular weight excluding hydrogens is 495 g/mol. The van der Waals surface area contributed by atoms with Crippen LogP contribution in [-0.4, -0.2) is 43.5 Å². The molecule has 186 valence electrons. The normalized spacial score (nSPS) is 15.1. The highest BCUT2D eigenvalue weighted by atomic mass is 35.5. The van der Waals surface area contributed by atoms with Crippen LogP contribution >= 0.6 is 23.2 Å². The zero-order valence-electron chi connectivity index (χ0n) is 19.2. The average molecular weight is 521 g/mol. The molecule has 0 bridgehead atoms. The molecular formula is C25H26Cl2N2O6. The van der Waals surface area contributed by atoms with Gasteiger partial charge in [0.15, 0.2) is 6.61 Å². The van der Waals surface area contributed by atoms with Gasteiger partial charge in [0.05, 0.1) is 28.1 Å². The quantitative estimate of drug-likeness (QED) is 0.354. The van der Waals surface area contributed by atoms with Crippen LogP contribution in [0.5, 0.6) is 0 Å². The van der Waals surface area contributed by atoms with Crippen LogP contribution in [0.4, 0.5) is 11.4 Å². The number of anilines is 2. The van der Waals surface area contributed by atoms with Crippen molar-refractivity contribution in [3.05, 3.63) is 58.1 Å². The third-order valence-electron chi connectivity index (χ3n) is 5.40. The Hall–Kier alpha value is -3.10. The number of nitrogens with one attached hydrogen (secondary N) is 1. The molecule has 1 aliphatic rings. The average Bonchev–Trinajstić information content (AvgIpc) is 3.24. The summed E-state index contributed by atoms with van der Waals surface area (Å²) in [6.45, 7) is 2.06. The molecule has 0 spiro atoms. The summed E-state index contributed by atoms with van der Waals surface area (Å²) in [7, 11) is 0. The Labute approximate surface area is 213 Å². The Morgan fingerprint density at radius 2 is 1.77 bits per heavy atom. The van der Waals surface area contributed by atoms with E-state index >= 15 is 0 Å². The molecule has 1 saturated heterocycles. The van der Waals surface area contributed by atoms with Crippen LogP contribution in [0.2, 0.25) is 10.0 Å². The Morgan fingerprint density at radius 3 is 2.46 bits per heavy atom. The van der Waals surface area contributed by atoms with E-state index in [1.807, 2.05) is 0 Å². The van der Waals surface area contributed by atoms with E-state index in [-0.39, 0.29) is 23.9 Å². The topological polar surface area (TPSA) is 102 Å². The zero-order valence-corrected chi connectivity index (χ0v) is 20.7. The fourth-order valence-corrected chi connectivity index (χ4v) is 3.82. The van der Waals surface area contributed by atoms with Gasteiger partial charge in [-0.3, -0.25) is 14.4 Å². The summed E-state index contributed by atoms with van der Waals surface area (Å²) in [4.78, 5) is 50.6. The molecule has 1 aliphatic heterocycles. The molecule has 2 aromatic rings. The summed E-state index contributed by atoms with van der Waals surface area (Å²) in [5.41, 5.74) is 1.36. The van der Waals surface area contributed by atoms with Gasteiger partial charge in [0, 0.05) is 24.3 Å². The van der Waals surface area contributed by atoms with E-state index in [4.69, 9.17) is 32.7 Å². The van der Waals surface area contributed by atoms with Gasteiger partial charge in [0.1, 0.15) is 0 Å². The number of halogens is 2. The lowest BCUT2D eigenvalue weighted by Gasteiger charge is -2.17. The number of hydrogen-bond donors (Lipinski definition) is 1. The van der Waals surface area contributed by atoms with E-state index in [0.717, 1.165) is 19.3 Å². The Balaban J connectivity index is 1.48. The van der Waals surface area contributed by atoms with Gasteiger partial charge in [-0.05, 0) is 48.9 Å². The number of hydrogen-bond acceptors (Lipinski definition) is 6. The molecule has 35 heavy (non-hydrogen) atoms. The minimum absolute atomic E-state index is 0.0333. The van der Waals surface area contributed by atoms with Crippen LogP contribution in [-0.2, 0) is 23.9 Å². The smallest absolute Gasteiger partial charge is 0.338 e. The number of rotatable bonds is 10. The number of carbonyl (C=O) groups excluding carboxylic acids is 4. The highest BCUT2D eigenvalue weighted by molar-refractivity contribution is 6.42. The highest BCUT2D eigenvalue weighted by Crippen LogP contribution is 2.27. The summed E-state index contributed by atoms with van der Waals surface area (Å²) in [6.07, 6.45) is 2.82. The molecule has 0 radical (unpaired) electrons. The summed E-state index contributed by atoms with van der Waals surface area (Å²) < 4.78 is 10.3. The van der Waals surface area contributed by atoms with E-state index in [1.165, 1.54) is 17.0 Å². The van der Waals surface area contributed by atoms with Crippen molar-refractivity contribution in [3.8, 4) is 0 Å². The molecule has 0 aliphatic carbocycles. The standard InChI is InChI=1S/C25H26Cl2N2O6/c1-2-3-4-11-34-24(32)16-5-8-19(9-6-16)29-14-17(12-23(29)31)25(33)35-15-22(30)28-18-7-10-20(26)21(27)13-18/h5-10,13,17H,2-4,11-12,14-15H2,1H3,(H,28,30)/t17-/m0/s1. The van der Waals surface area contributed by atoms with Gasteiger partial charge < -0.3 is 19.7 Å². The van der Waals surface area contributed by atoms with Gasteiger partial charge in [-0.15, -0.1) is 0 Å². The third-order valence-corrected chi connectivity index (χ3v) is 6.14. The summed E-state index contributed by atoms with van der Waals surface area (Å²) in [6, 6.07) is 11.0. The van der Waals surface area contributed by atoms with E-state index in [0.29, 0.717) is 28.6 Å². The van der Waals surface area contributed by atoms with Crippen LogP contribution in [0.25, 0.3) is 0 Å². The highest BCUT2D eigenvalue weighted by Gasteiger charge is 2.36. The molecule has 2 aromatic carbocycles. The lowest BCUT2D eigenvalue weighted by Crippen LogP contribution is -2.28. The molecule has 1 N–H and O–H groups in total. The largest absolute Gasteiger partial charge is 0.462 e. The fourth-order valence-electron chi connectivity index (χ4n) is 3.52. The number of carbonyl (C=O) groups is 4. The molecule has 2 amide bonds. The summed E-state index contributed by atoms with van der Waals surface area (Å²) >= 11 is 11.8. The van der Waals surface area contributed by atoms with Crippen molar-refractivity contribution in [1.29, 1.82) is 0 Å². The van der Waals surface area contributed by atoms with E-state index in [9.17, 15) is 19.2 Å². The second kappa shape index (κ2) is 12.6. The first-order chi connectivity index (χ1) is 16.8. The molecule has 3 rings (SSSR count). The molecule has 10 heteroatoms. The van der Waals surface area contributed by atoms with Gasteiger partial charge in [-0.1, -0.05) is 43.0 Å². The van der Waals surface area contributed by atoms with Gasteiger partial charge in [0.2, 0.25) is 5.91 Å². The Morgan fingerprint density at radius 1 is 1.03 bits per heavy atom. The predicted molar refractivity (Wildman–Crippen MR) is 133 cm³/mol. The molecule has 1 heterocycles. The van der Waals surface area contributed by atoms with Crippen LogP contribution in [0.1, 0.15) is 43.0 Å². The van der Waals surface area contributed by atoms with Crippen LogP contribution in [0.15, 0.2) is 42.5 Å². The Bertz CT molecular complexity index is 1090. The monoisotopic (exact) mass is 520 g/mol. The van der Waals surface area contributed by atoms with Gasteiger partial charge in [-0.25, -0.2) is 4.79 Å². The molecule has 1 fully saturated rings. The SMILES string of the molecule is CCCCCOC(=O)c1ccc(N2C[C@@H](C(=O)OCC(=O)Nc3ccc(Cl)c(Cl)c3)CC2=O)cc1. The maximum atomic E-state index is 12.5. The van der Waals surface area contributed by atoms with Gasteiger partial charge in [0.25, 0.3) is 5.91 Å². The number of esters is 2. The van der Waals surface area contributed by atoms with Crippen LogP contribution in [0.3, 0.4) is 0 Å². The molecule has 0 aromatic heterocycles. The lowest BCUT2D eigenvalue weighted by molar-refractivity contribution is -0.151. The number of nitrogens with zero attached hydrogens (tertiary/aromatic N) is 1. The van der Waals surface area contributed by atoms with Crippen LogP contribution in [0, 0.1) is 5.92 Å². The van der Waals surface area contributed by atoms with E-state index in [1.54, 1.807) is 30.3 Å². The first kappa shape index (κ1) is 26.5. The second-order valence-corrected chi connectivity index (χ2v) is 8.89. The first-order valence-corrected chi connectivity index (χ1v) is 12.0. The maximum Gasteiger partial charge on any atom is 0.338 e.